The molecule has 0 bridgehead atoms. The summed E-state index contributed by atoms with van der Waals surface area (Å²) < 4.78 is 25.6. The summed E-state index contributed by atoms with van der Waals surface area (Å²) in [6.45, 7) is 4.21. The molecule has 6 nitrogen and oxygen atoms in total. The van der Waals surface area contributed by atoms with Crippen LogP contribution < -0.4 is 11.1 Å². The third-order valence-electron chi connectivity index (χ3n) is 2.68. The van der Waals surface area contributed by atoms with Gasteiger partial charge < -0.3 is 11.1 Å². The van der Waals surface area contributed by atoms with Crippen molar-refractivity contribution in [1.29, 1.82) is 0 Å². The van der Waals surface area contributed by atoms with Gasteiger partial charge in [0.25, 0.3) is 0 Å². The summed E-state index contributed by atoms with van der Waals surface area (Å²) in [4.78, 5) is 11.7. The fraction of sp³-hybridized carbons (Fsp3) is 0.462. The van der Waals surface area contributed by atoms with E-state index in [0.29, 0.717) is 12.5 Å². The lowest BCUT2D eigenvalue weighted by Gasteiger charge is -2.18. The molecule has 0 saturated carbocycles. The number of carbonyl (C=O) groups excluding carboxylic acids is 1. The Kier molecular flexibility index (Phi) is 5.52. The number of nitrogens with one attached hydrogen (secondary N) is 1. The quantitative estimate of drug-likeness (QED) is 0.755. The zero-order valence-electron chi connectivity index (χ0n) is 12.0. The average molecular weight is 299 g/mol. The molecule has 0 aliphatic rings. The van der Waals surface area contributed by atoms with Crippen molar-refractivity contribution in [2.24, 2.45) is 5.92 Å². The molecule has 0 saturated heterocycles. The molecule has 7 heteroatoms. The van der Waals surface area contributed by atoms with Gasteiger partial charge in [-0.05, 0) is 18.1 Å². The molecule has 0 spiro atoms. The smallest absolute Gasteiger partial charge is 0.245 e. The lowest BCUT2D eigenvalue weighted by molar-refractivity contribution is -0.121. The number of hydrogen-bond acceptors (Lipinski definition) is 4. The Morgan fingerprint density at radius 3 is 2.50 bits per heavy atom. The first-order valence-electron chi connectivity index (χ1n) is 6.32. The van der Waals surface area contributed by atoms with Gasteiger partial charge in [-0.1, -0.05) is 26.0 Å². The van der Waals surface area contributed by atoms with Crippen molar-refractivity contribution in [2.75, 3.05) is 25.9 Å². The topological polar surface area (TPSA) is 92.5 Å². The lowest BCUT2D eigenvalue weighted by Crippen LogP contribution is -2.39. The summed E-state index contributed by atoms with van der Waals surface area (Å²) in [7, 11) is -2.40. The fourth-order valence-electron chi connectivity index (χ4n) is 1.54. The molecule has 1 aromatic carbocycles. The summed E-state index contributed by atoms with van der Waals surface area (Å²) in [6.07, 6.45) is 0. The highest BCUT2D eigenvalue weighted by Crippen LogP contribution is 2.20. The minimum atomic E-state index is -3.76. The van der Waals surface area contributed by atoms with E-state index in [9.17, 15) is 13.2 Å². The van der Waals surface area contributed by atoms with E-state index in [1.54, 1.807) is 12.1 Å². The summed E-state index contributed by atoms with van der Waals surface area (Å²) in [5, 5.41) is 2.67. The van der Waals surface area contributed by atoms with E-state index < -0.39 is 10.0 Å². The molecule has 0 aliphatic carbocycles. The first kappa shape index (κ1) is 16.5. The molecule has 0 fully saturated rings. The number of carbonyl (C=O) groups is 1. The molecule has 0 atom stereocenters. The minimum absolute atomic E-state index is 0.0131. The number of amides is 1. The van der Waals surface area contributed by atoms with Crippen LogP contribution in [0.1, 0.15) is 13.8 Å². The van der Waals surface area contributed by atoms with Gasteiger partial charge in [-0.2, -0.15) is 4.31 Å². The van der Waals surface area contributed by atoms with Gasteiger partial charge in [-0.25, -0.2) is 8.42 Å². The molecule has 0 unspecified atom stereocenters. The molecule has 0 aromatic heterocycles. The zero-order valence-corrected chi connectivity index (χ0v) is 12.8. The average Bonchev–Trinajstić information content (AvgIpc) is 2.36. The molecule has 0 heterocycles. The van der Waals surface area contributed by atoms with Crippen molar-refractivity contribution in [3.05, 3.63) is 24.3 Å². The minimum Gasteiger partial charge on any atom is -0.398 e. The fourth-order valence-corrected chi connectivity index (χ4v) is 2.78. The molecule has 0 aliphatic heterocycles. The van der Waals surface area contributed by atoms with Crippen LogP contribution in [0.5, 0.6) is 0 Å². The van der Waals surface area contributed by atoms with Crippen LogP contribution in [0.2, 0.25) is 0 Å². The van der Waals surface area contributed by atoms with E-state index in [-0.39, 0.29) is 23.0 Å². The van der Waals surface area contributed by atoms with E-state index in [0.717, 1.165) is 4.31 Å². The zero-order chi connectivity index (χ0) is 15.3. The third kappa shape index (κ3) is 4.21. The van der Waals surface area contributed by atoms with Crippen molar-refractivity contribution in [3.8, 4) is 0 Å². The number of nitrogens with zero attached hydrogens (tertiary/aromatic N) is 1. The number of anilines is 1. The second kappa shape index (κ2) is 6.71. The Balaban J connectivity index is 2.78. The predicted octanol–water partition coefficient (Wildman–Crippen LogP) is 0.662. The van der Waals surface area contributed by atoms with Gasteiger partial charge in [-0.3, -0.25) is 4.79 Å². The van der Waals surface area contributed by atoms with Crippen LogP contribution in [0.4, 0.5) is 5.69 Å². The maximum atomic E-state index is 12.3. The highest BCUT2D eigenvalue weighted by molar-refractivity contribution is 7.89. The van der Waals surface area contributed by atoms with E-state index in [1.807, 2.05) is 13.8 Å². The van der Waals surface area contributed by atoms with Crippen molar-refractivity contribution in [1.82, 2.24) is 9.62 Å². The predicted molar refractivity (Wildman–Crippen MR) is 78.5 cm³/mol. The van der Waals surface area contributed by atoms with Crippen LogP contribution in [0.15, 0.2) is 29.2 Å². The van der Waals surface area contributed by atoms with Crippen LogP contribution in [0, 0.1) is 5.92 Å². The summed E-state index contributed by atoms with van der Waals surface area (Å²) >= 11 is 0. The van der Waals surface area contributed by atoms with Gasteiger partial charge >= 0.3 is 0 Å². The number of rotatable bonds is 6. The first-order chi connectivity index (χ1) is 9.25. The maximum absolute atomic E-state index is 12.3. The highest BCUT2D eigenvalue weighted by atomic mass is 32.2. The van der Waals surface area contributed by atoms with Gasteiger partial charge in [0, 0.05) is 13.6 Å². The van der Waals surface area contributed by atoms with Crippen molar-refractivity contribution in [3.63, 3.8) is 0 Å². The maximum Gasteiger partial charge on any atom is 0.245 e. The molecule has 0 radical (unpaired) electrons. The largest absolute Gasteiger partial charge is 0.398 e. The second-order valence-electron chi connectivity index (χ2n) is 5.00. The molecule has 1 amide bonds. The van der Waals surface area contributed by atoms with Gasteiger partial charge in [0.1, 0.15) is 4.90 Å². The number of sulfonamides is 1. The van der Waals surface area contributed by atoms with Gasteiger partial charge in [-0.15, -0.1) is 0 Å². The number of likely N-dealkylation sites (N-methyl/N-ethyl adjacent to an activating group) is 1. The van der Waals surface area contributed by atoms with E-state index in [1.165, 1.54) is 19.2 Å². The molecular formula is C13H21N3O3S. The molecular weight excluding hydrogens is 278 g/mol. The molecule has 3 N–H and O–H groups in total. The summed E-state index contributed by atoms with van der Waals surface area (Å²) in [5.74, 6) is -0.0232. The Labute approximate surface area is 120 Å². The van der Waals surface area contributed by atoms with E-state index >= 15 is 0 Å². The van der Waals surface area contributed by atoms with Gasteiger partial charge in [0.15, 0.2) is 0 Å². The number of para-hydroxylation sites is 1. The van der Waals surface area contributed by atoms with Crippen molar-refractivity contribution in [2.45, 2.75) is 18.7 Å². The van der Waals surface area contributed by atoms with Crippen LogP contribution >= 0.6 is 0 Å². The van der Waals surface area contributed by atoms with E-state index in [4.69, 9.17) is 5.73 Å². The van der Waals surface area contributed by atoms with Crippen LogP contribution in [0.3, 0.4) is 0 Å². The molecule has 20 heavy (non-hydrogen) atoms. The number of benzene rings is 1. The lowest BCUT2D eigenvalue weighted by atomic mass is 10.2. The number of hydrogen-bond donors (Lipinski definition) is 2. The van der Waals surface area contributed by atoms with Gasteiger partial charge in [0.05, 0.1) is 12.2 Å². The van der Waals surface area contributed by atoms with E-state index in [2.05, 4.69) is 5.32 Å². The third-order valence-corrected chi connectivity index (χ3v) is 4.56. The summed E-state index contributed by atoms with van der Waals surface area (Å²) in [6, 6.07) is 6.19. The standard InChI is InChI=1S/C13H21N3O3S/c1-10(2)8-15-13(17)9-16(3)20(18,19)12-7-5-4-6-11(12)14/h4-7,10H,8-9,14H2,1-3H3,(H,15,17). The monoisotopic (exact) mass is 299 g/mol. The molecule has 1 aromatic rings. The van der Waals surface area contributed by atoms with Crippen molar-refractivity contribution >= 4 is 21.6 Å². The second-order valence-corrected chi connectivity index (χ2v) is 7.01. The number of nitrogen functional groups attached to an aromatic ring is 1. The Bertz CT molecular complexity index is 570. The highest BCUT2D eigenvalue weighted by Gasteiger charge is 2.24. The molecule has 1 rings (SSSR count). The Hall–Kier alpha value is -1.60. The number of nitrogens with two attached hydrogens (primary N) is 1. The Morgan fingerprint density at radius 1 is 1.35 bits per heavy atom. The van der Waals surface area contributed by atoms with Crippen LogP contribution in [0.25, 0.3) is 0 Å². The van der Waals surface area contributed by atoms with Crippen LogP contribution in [-0.4, -0.2) is 38.8 Å². The van der Waals surface area contributed by atoms with Crippen LogP contribution in [-0.2, 0) is 14.8 Å². The summed E-state index contributed by atoms with van der Waals surface area (Å²) in [5.41, 5.74) is 5.84. The Morgan fingerprint density at radius 2 is 1.95 bits per heavy atom. The van der Waals surface area contributed by atoms with Gasteiger partial charge in [0.2, 0.25) is 15.9 Å². The SMILES string of the molecule is CC(C)CNC(=O)CN(C)S(=O)(=O)c1ccccc1N. The normalized spacial score (nSPS) is 11.8. The molecule has 112 valence electrons. The first-order valence-corrected chi connectivity index (χ1v) is 7.76. The van der Waals surface area contributed by atoms with Crippen molar-refractivity contribution < 1.29 is 13.2 Å².